The van der Waals surface area contributed by atoms with Crippen LogP contribution in [0.3, 0.4) is 0 Å². The summed E-state index contributed by atoms with van der Waals surface area (Å²) in [5.74, 6) is 0.351. The predicted molar refractivity (Wildman–Crippen MR) is 104 cm³/mol. The number of ether oxygens (including phenoxy) is 1. The van der Waals surface area contributed by atoms with E-state index >= 15 is 0 Å². The Hall–Kier alpha value is -3.02. The van der Waals surface area contributed by atoms with E-state index < -0.39 is 0 Å². The summed E-state index contributed by atoms with van der Waals surface area (Å²) in [6.07, 6.45) is 3.17. The minimum absolute atomic E-state index is 0.243. The number of rotatable bonds is 8. The van der Waals surface area contributed by atoms with Gasteiger partial charge in [-0.25, -0.2) is 4.79 Å². The predicted octanol–water partition coefficient (Wildman–Crippen LogP) is 4.26. The summed E-state index contributed by atoms with van der Waals surface area (Å²) in [5.41, 5.74) is 1.73. The lowest BCUT2D eigenvalue weighted by Crippen LogP contribution is -2.29. The third kappa shape index (κ3) is 5.81. The van der Waals surface area contributed by atoms with Gasteiger partial charge in [0.05, 0.1) is 12.8 Å². The molecule has 0 radical (unpaired) electrons. The third-order valence-corrected chi connectivity index (χ3v) is 3.83. The van der Waals surface area contributed by atoms with Crippen molar-refractivity contribution in [2.75, 3.05) is 24.3 Å². The lowest BCUT2D eigenvalue weighted by molar-refractivity contribution is 0.102. The minimum atomic E-state index is -0.245. The van der Waals surface area contributed by atoms with Crippen molar-refractivity contribution in [3.05, 3.63) is 54.1 Å². The normalized spacial score (nSPS) is 10.1. The molecule has 0 unspecified atom stereocenters. The van der Waals surface area contributed by atoms with Crippen LogP contribution in [-0.2, 0) is 0 Å². The Morgan fingerprint density at radius 2 is 1.69 bits per heavy atom. The Morgan fingerprint density at radius 3 is 2.38 bits per heavy atom. The molecule has 138 valence electrons. The molecular weight excluding hydrogens is 330 g/mol. The monoisotopic (exact) mass is 355 g/mol. The van der Waals surface area contributed by atoms with E-state index in [4.69, 9.17) is 4.74 Å². The maximum absolute atomic E-state index is 12.4. The highest BCUT2D eigenvalue weighted by molar-refractivity contribution is 6.05. The second kappa shape index (κ2) is 10.1. The van der Waals surface area contributed by atoms with E-state index in [-0.39, 0.29) is 11.9 Å². The van der Waals surface area contributed by atoms with Crippen LogP contribution >= 0.6 is 0 Å². The van der Waals surface area contributed by atoms with E-state index in [1.807, 2.05) is 12.1 Å². The third-order valence-electron chi connectivity index (χ3n) is 3.83. The molecule has 6 heteroatoms. The van der Waals surface area contributed by atoms with Gasteiger partial charge in [-0.2, -0.15) is 0 Å². The molecule has 0 aliphatic rings. The largest absolute Gasteiger partial charge is 0.495 e. The number of benzene rings is 2. The van der Waals surface area contributed by atoms with E-state index in [1.54, 1.807) is 43.5 Å². The molecule has 6 nitrogen and oxygen atoms in total. The van der Waals surface area contributed by atoms with Crippen molar-refractivity contribution < 1.29 is 14.3 Å². The molecule has 0 bridgehead atoms. The van der Waals surface area contributed by atoms with Crippen LogP contribution in [0.2, 0.25) is 0 Å². The number of carbonyl (C=O) groups is 2. The zero-order valence-electron chi connectivity index (χ0n) is 15.2. The minimum Gasteiger partial charge on any atom is -0.495 e. The molecule has 3 amide bonds. The molecular formula is C20H25N3O3. The molecule has 0 fully saturated rings. The van der Waals surface area contributed by atoms with Crippen LogP contribution in [-0.4, -0.2) is 25.6 Å². The highest BCUT2D eigenvalue weighted by atomic mass is 16.5. The number of urea groups is 1. The van der Waals surface area contributed by atoms with Gasteiger partial charge in [0, 0.05) is 17.8 Å². The van der Waals surface area contributed by atoms with Crippen LogP contribution in [0.5, 0.6) is 5.75 Å². The molecule has 0 atom stereocenters. The van der Waals surface area contributed by atoms with Crippen molar-refractivity contribution in [1.29, 1.82) is 0 Å². The molecule has 0 heterocycles. The lowest BCUT2D eigenvalue weighted by atomic mass is 10.2. The number of nitrogens with one attached hydrogen (secondary N) is 3. The van der Waals surface area contributed by atoms with Crippen LogP contribution in [0, 0.1) is 0 Å². The van der Waals surface area contributed by atoms with Crippen molar-refractivity contribution in [3.63, 3.8) is 0 Å². The van der Waals surface area contributed by atoms with Gasteiger partial charge in [-0.1, -0.05) is 31.9 Å². The average Bonchev–Trinajstić information content (AvgIpc) is 2.66. The van der Waals surface area contributed by atoms with Gasteiger partial charge in [0.15, 0.2) is 0 Å². The van der Waals surface area contributed by atoms with Crippen molar-refractivity contribution >= 4 is 23.3 Å². The number of methoxy groups -OCH3 is 1. The quantitative estimate of drug-likeness (QED) is 0.619. The Kier molecular flexibility index (Phi) is 7.49. The maximum Gasteiger partial charge on any atom is 0.319 e. The van der Waals surface area contributed by atoms with Crippen molar-refractivity contribution in [1.82, 2.24) is 5.32 Å². The molecule has 0 aromatic heterocycles. The smallest absolute Gasteiger partial charge is 0.319 e. The number of hydrogen-bond acceptors (Lipinski definition) is 3. The summed E-state index contributed by atoms with van der Waals surface area (Å²) in [6.45, 7) is 2.77. The van der Waals surface area contributed by atoms with Crippen molar-refractivity contribution in [2.24, 2.45) is 0 Å². The van der Waals surface area contributed by atoms with Gasteiger partial charge < -0.3 is 20.7 Å². The number of unbranched alkanes of at least 4 members (excludes halogenated alkanes) is 2. The van der Waals surface area contributed by atoms with Crippen LogP contribution in [0.1, 0.15) is 36.5 Å². The van der Waals surface area contributed by atoms with Crippen LogP contribution in [0.4, 0.5) is 16.2 Å². The Labute approximate surface area is 153 Å². The standard InChI is InChI=1S/C20H25N3O3/c1-3-4-7-14-21-20(25)22-16-12-10-15(11-13-16)19(24)23-17-8-5-6-9-18(17)26-2/h5-6,8-13H,3-4,7,14H2,1-2H3,(H,23,24)(H2,21,22,25). The fourth-order valence-electron chi connectivity index (χ4n) is 2.40. The number of hydrogen-bond donors (Lipinski definition) is 3. The summed E-state index contributed by atoms with van der Waals surface area (Å²) < 4.78 is 5.22. The average molecular weight is 355 g/mol. The van der Waals surface area contributed by atoms with Crippen LogP contribution in [0.15, 0.2) is 48.5 Å². The van der Waals surface area contributed by atoms with Crippen molar-refractivity contribution in [2.45, 2.75) is 26.2 Å². The first-order chi connectivity index (χ1) is 12.6. The lowest BCUT2D eigenvalue weighted by Gasteiger charge is -2.10. The van der Waals surface area contributed by atoms with Gasteiger partial charge >= 0.3 is 6.03 Å². The van der Waals surface area contributed by atoms with Crippen LogP contribution in [0.25, 0.3) is 0 Å². The molecule has 2 aromatic carbocycles. The second-order valence-electron chi connectivity index (χ2n) is 5.82. The number of carbonyl (C=O) groups excluding carboxylic acids is 2. The van der Waals surface area contributed by atoms with Gasteiger partial charge in [0.2, 0.25) is 0 Å². The first-order valence-corrected chi connectivity index (χ1v) is 8.73. The number of para-hydroxylation sites is 2. The molecule has 0 aliphatic heterocycles. The summed E-state index contributed by atoms with van der Waals surface area (Å²) in [4.78, 5) is 24.1. The van der Waals surface area contributed by atoms with Gasteiger partial charge in [-0.15, -0.1) is 0 Å². The van der Waals surface area contributed by atoms with Crippen molar-refractivity contribution in [3.8, 4) is 5.75 Å². The first kappa shape index (κ1) is 19.3. The second-order valence-corrected chi connectivity index (χ2v) is 5.82. The van der Waals surface area contributed by atoms with Gasteiger partial charge in [-0.3, -0.25) is 4.79 Å². The summed E-state index contributed by atoms with van der Waals surface area (Å²) in [7, 11) is 1.55. The molecule has 2 aromatic rings. The zero-order chi connectivity index (χ0) is 18.8. The highest BCUT2D eigenvalue weighted by Gasteiger charge is 2.09. The molecule has 0 saturated heterocycles. The fourth-order valence-corrected chi connectivity index (χ4v) is 2.40. The van der Waals surface area contributed by atoms with E-state index in [9.17, 15) is 9.59 Å². The van der Waals surface area contributed by atoms with Gasteiger partial charge in [-0.05, 0) is 42.8 Å². The Balaban J connectivity index is 1.90. The first-order valence-electron chi connectivity index (χ1n) is 8.73. The number of amides is 3. The van der Waals surface area contributed by atoms with Gasteiger partial charge in [0.1, 0.15) is 5.75 Å². The highest BCUT2D eigenvalue weighted by Crippen LogP contribution is 2.23. The molecule has 0 spiro atoms. The van der Waals surface area contributed by atoms with Crippen LogP contribution < -0.4 is 20.7 Å². The van der Waals surface area contributed by atoms with E-state index in [0.717, 1.165) is 19.3 Å². The zero-order valence-corrected chi connectivity index (χ0v) is 15.2. The maximum atomic E-state index is 12.4. The summed E-state index contributed by atoms with van der Waals surface area (Å²) in [5, 5.41) is 8.37. The molecule has 3 N–H and O–H groups in total. The molecule has 2 rings (SSSR count). The Morgan fingerprint density at radius 1 is 0.962 bits per heavy atom. The Bertz CT molecular complexity index is 729. The van der Waals surface area contributed by atoms with E-state index in [0.29, 0.717) is 29.2 Å². The topological polar surface area (TPSA) is 79.5 Å². The molecule has 0 aliphatic carbocycles. The summed E-state index contributed by atoms with van der Waals surface area (Å²) >= 11 is 0. The summed E-state index contributed by atoms with van der Waals surface area (Å²) in [6, 6.07) is 13.7. The molecule has 0 saturated carbocycles. The number of anilines is 2. The fraction of sp³-hybridized carbons (Fsp3) is 0.300. The van der Waals surface area contributed by atoms with E-state index in [2.05, 4.69) is 22.9 Å². The van der Waals surface area contributed by atoms with Gasteiger partial charge in [0.25, 0.3) is 5.91 Å². The SMILES string of the molecule is CCCCCNC(=O)Nc1ccc(C(=O)Nc2ccccc2OC)cc1. The molecule has 26 heavy (non-hydrogen) atoms. The van der Waals surface area contributed by atoms with E-state index in [1.165, 1.54) is 0 Å².